The molecule has 0 radical (unpaired) electrons. The van der Waals surface area contributed by atoms with Crippen LogP contribution in [0.4, 0.5) is 9.59 Å². The normalized spacial score (nSPS) is 21.7. The van der Waals surface area contributed by atoms with Gasteiger partial charge in [-0.05, 0) is 175 Å². The van der Waals surface area contributed by atoms with E-state index >= 15 is 0 Å². The highest BCUT2D eigenvalue weighted by Gasteiger charge is 2.46. The van der Waals surface area contributed by atoms with Gasteiger partial charge in [-0.15, -0.1) is 0 Å². The Morgan fingerprint density at radius 1 is 0.554 bits per heavy atom. The number of likely N-dealkylation sites (tertiary alicyclic amines) is 2. The first kappa shape index (κ1) is 51.8. The van der Waals surface area contributed by atoms with E-state index in [-0.39, 0.29) is 46.6 Å². The monoisotopic (exact) mass is 1010 g/mol. The molecule has 2 aromatic carbocycles. The summed E-state index contributed by atoms with van der Waals surface area (Å²) >= 11 is 0. The van der Waals surface area contributed by atoms with E-state index in [1.54, 1.807) is 0 Å². The van der Waals surface area contributed by atoms with E-state index < -0.39 is 35.5 Å². The zero-order valence-electron chi connectivity index (χ0n) is 45.9. The molecule has 1 unspecified atom stereocenters. The summed E-state index contributed by atoms with van der Waals surface area (Å²) in [6.07, 6.45) is 20.4. The second-order valence-electron chi connectivity index (χ2n) is 25.8. The predicted molar refractivity (Wildman–Crippen MR) is 287 cm³/mol. The Hall–Kier alpha value is -5.66. The van der Waals surface area contributed by atoms with Crippen LogP contribution in [0.3, 0.4) is 0 Å². The van der Waals surface area contributed by atoms with Crippen LogP contribution in [0.25, 0.3) is 33.6 Å². The van der Waals surface area contributed by atoms with Crippen LogP contribution < -0.4 is 10.6 Å². The highest BCUT2D eigenvalue weighted by molar-refractivity contribution is 5.88. The Morgan fingerprint density at radius 2 is 0.892 bits per heavy atom. The Morgan fingerprint density at radius 3 is 1.23 bits per heavy atom. The van der Waals surface area contributed by atoms with Crippen molar-refractivity contribution in [3.8, 4) is 33.6 Å². The number of carbonyl (C=O) groups is 4. The largest absolute Gasteiger partial charge is 0.444 e. The maximum absolute atomic E-state index is 14.2. The number of hydrogen-bond acceptors (Lipinski definition) is 8. The highest BCUT2D eigenvalue weighted by Crippen LogP contribution is 2.57. The molecule has 6 aliphatic rings. The number of fused-ring (bicyclic) bond motifs is 2. The molecule has 4 aromatic rings. The van der Waals surface area contributed by atoms with E-state index in [9.17, 15) is 19.2 Å². The maximum Gasteiger partial charge on any atom is 0.408 e. The summed E-state index contributed by atoms with van der Waals surface area (Å²) in [6.45, 7) is 20.0. The number of H-pyrrole nitrogens is 2. The Balaban J connectivity index is 0.953. The fourth-order valence-corrected chi connectivity index (χ4v) is 14.0. The predicted octanol–water partition coefficient (Wildman–Crippen LogP) is 11.9. The van der Waals surface area contributed by atoms with Crippen molar-refractivity contribution in [2.24, 2.45) is 22.7 Å². The molecule has 2 aliphatic heterocycles. The van der Waals surface area contributed by atoms with Crippen molar-refractivity contribution in [1.82, 2.24) is 40.4 Å². The SMILES string of the molecule is CC(C)C(NC(=O)OC(C)(C)C)C(=O)N1CCC[C@H]1c1ncc(-c2ccc(-c3ccc(-c4cnc([C@H]5CCCN5C(=O)[C@@H](NC(=O)OC(C)(C)C)C(C)C)[nH]4)c4c3CC3(CCCC3)C4)c3c2CC2(CCCC2)C3)[nH]1. The molecule has 14 heteroatoms. The third kappa shape index (κ3) is 10.2. The zero-order valence-corrected chi connectivity index (χ0v) is 45.9. The zero-order chi connectivity index (χ0) is 52.5. The smallest absolute Gasteiger partial charge is 0.408 e. The Labute approximate surface area is 438 Å². The van der Waals surface area contributed by atoms with Crippen LogP contribution in [-0.2, 0) is 44.7 Å². The molecule has 4 N–H and O–H groups in total. The molecule has 10 rings (SSSR count). The third-order valence-electron chi connectivity index (χ3n) is 17.4. The van der Waals surface area contributed by atoms with Crippen molar-refractivity contribution in [1.29, 1.82) is 0 Å². The van der Waals surface area contributed by atoms with Crippen LogP contribution >= 0.6 is 0 Å². The number of alkyl carbamates (subject to hydrolysis) is 2. The first-order chi connectivity index (χ1) is 35.1. The summed E-state index contributed by atoms with van der Waals surface area (Å²) < 4.78 is 11.1. The van der Waals surface area contributed by atoms with Gasteiger partial charge in [0.2, 0.25) is 11.8 Å². The van der Waals surface area contributed by atoms with Gasteiger partial charge in [0.15, 0.2) is 0 Å². The summed E-state index contributed by atoms with van der Waals surface area (Å²) in [7, 11) is 0. The lowest BCUT2D eigenvalue weighted by atomic mass is 9.82. The summed E-state index contributed by atoms with van der Waals surface area (Å²) in [4.78, 5) is 75.6. The molecule has 14 nitrogen and oxygen atoms in total. The van der Waals surface area contributed by atoms with Crippen LogP contribution in [0.15, 0.2) is 36.7 Å². The molecule has 2 aromatic heterocycles. The van der Waals surface area contributed by atoms with E-state index in [2.05, 4.69) is 44.9 Å². The second kappa shape index (κ2) is 19.8. The topological polar surface area (TPSA) is 175 Å². The summed E-state index contributed by atoms with van der Waals surface area (Å²) in [5.41, 5.74) is 12.1. The lowest BCUT2D eigenvalue weighted by molar-refractivity contribution is -0.136. The minimum absolute atomic E-state index is 0.107. The Kier molecular flexibility index (Phi) is 13.9. The van der Waals surface area contributed by atoms with Gasteiger partial charge in [-0.2, -0.15) is 0 Å². The van der Waals surface area contributed by atoms with Crippen LogP contribution in [-0.4, -0.2) is 90.1 Å². The van der Waals surface area contributed by atoms with Crippen molar-refractivity contribution >= 4 is 24.0 Å². The highest BCUT2D eigenvalue weighted by atomic mass is 16.6. The standard InChI is InChI=1S/C60H82N8O6/c1-35(2)49(65-55(71)73-57(5,6)7)53(69)67-27-15-17-47(67)51-61-33-45(63-51)39-21-19-37(41-29-59(31-43(39)41)23-11-12-24-59)38-20-22-40(44-32-60(30-42(38)44)25-13-14-26-60)46-34-62-52(64-46)48-18-16-28-68(48)54(70)50(36(3)4)66-56(72)74-58(8,9)10/h19-22,33-36,47-50H,11-18,23-32H2,1-10H3,(H,61,63)(H,62,64)(H,65,71)(H,66,72)/t47-,48+,49+,50?/m1/s1. The lowest BCUT2D eigenvalue weighted by Crippen LogP contribution is -2.52. The summed E-state index contributed by atoms with van der Waals surface area (Å²) in [5.74, 6) is 1.11. The molecule has 2 spiro atoms. The quantitative estimate of drug-likeness (QED) is 0.115. The lowest BCUT2D eigenvalue weighted by Gasteiger charge is -2.31. The van der Waals surface area contributed by atoms with Crippen LogP contribution in [0.1, 0.15) is 192 Å². The van der Waals surface area contributed by atoms with Crippen LogP contribution in [0.5, 0.6) is 0 Å². The number of rotatable bonds is 11. The van der Waals surface area contributed by atoms with Gasteiger partial charge in [0.25, 0.3) is 0 Å². The average Bonchev–Trinajstić information content (AvgIpc) is 4.18. The number of imidazole rings is 2. The van der Waals surface area contributed by atoms with Gasteiger partial charge in [0.05, 0.1) is 35.9 Å². The van der Waals surface area contributed by atoms with Crippen molar-refractivity contribution in [3.63, 3.8) is 0 Å². The molecule has 4 heterocycles. The molecule has 4 fully saturated rings. The van der Waals surface area contributed by atoms with E-state index in [1.807, 2.05) is 91.4 Å². The number of amides is 4. The number of nitrogens with one attached hydrogen (secondary N) is 4. The molecule has 2 saturated carbocycles. The van der Waals surface area contributed by atoms with Crippen LogP contribution in [0.2, 0.25) is 0 Å². The van der Waals surface area contributed by atoms with E-state index in [0.29, 0.717) is 13.1 Å². The van der Waals surface area contributed by atoms with Crippen molar-refractivity contribution in [2.75, 3.05) is 13.1 Å². The van der Waals surface area contributed by atoms with Crippen LogP contribution in [0, 0.1) is 22.7 Å². The number of hydrogen-bond donors (Lipinski definition) is 4. The molecule has 4 atom stereocenters. The first-order valence-corrected chi connectivity index (χ1v) is 28.1. The van der Waals surface area contributed by atoms with Gasteiger partial charge >= 0.3 is 12.2 Å². The van der Waals surface area contributed by atoms with Crippen molar-refractivity contribution < 1.29 is 28.7 Å². The van der Waals surface area contributed by atoms with Gasteiger partial charge in [0, 0.05) is 24.2 Å². The molecule has 4 aliphatic carbocycles. The molecule has 2 saturated heterocycles. The number of aromatic nitrogens is 4. The summed E-state index contributed by atoms with van der Waals surface area (Å²) in [6, 6.07) is 7.59. The van der Waals surface area contributed by atoms with Gasteiger partial charge < -0.3 is 39.9 Å². The molecule has 4 amide bonds. The number of ether oxygens (including phenoxy) is 2. The van der Waals surface area contributed by atoms with E-state index in [4.69, 9.17) is 19.4 Å². The van der Waals surface area contributed by atoms with Crippen molar-refractivity contribution in [3.05, 3.63) is 70.6 Å². The van der Waals surface area contributed by atoms with E-state index in [0.717, 1.165) is 74.4 Å². The molecular formula is C60H82N8O6. The maximum atomic E-state index is 14.2. The minimum atomic E-state index is -0.713. The minimum Gasteiger partial charge on any atom is -0.444 e. The average molecular weight is 1010 g/mol. The fourth-order valence-electron chi connectivity index (χ4n) is 14.0. The second-order valence-corrected chi connectivity index (χ2v) is 25.8. The number of aromatic amines is 2. The van der Waals surface area contributed by atoms with Gasteiger partial charge in [0.1, 0.15) is 34.9 Å². The Bertz CT molecular complexity index is 2590. The molecular weight excluding hydrogens is 929 g/mol. The van der Waals surface area contributed by atoms with Gasteiger partial charge in [-0.25, -0.2) is 19.6 Å². The molecule has 0 bridgehead atoms. The number of nitrogens with zero attached hydrogens (tertiary/aromatic N) is 4. The van der Waals surface area contributed by atoms with Gasteiger partial charge in [-0.3, -0.25) is 9.59 Å². The van der Waals surface area contributed by atoms with Gasteiger partial charge in [-0.1, -0.05) is 77.6 Å². The summed E-state index contributed by atoms with van der Waals surface area (Å²) in [5, 5.41) is 5.77. The fraction of sp³-hybridized carbons (Fsp3) is 0.633. The third-order valence-corrected chi connectivity index (χ3v) is 17.4. The number of benzene rings is 2. The van der Waals surface area contributed by atoms with E-state index in [1.165, 1.54) is 95.9 Å². The number of carbonyl (C=O) groups excluding carboxylic acids is 4. The molecule has 74 heavy (non-hydrogen) atoms. The first-order valence-electron chi connectivity index (χ1n) is 28.1. The molecule has 398 valence electrons. The van der Waals surface area contributed by atoms with Crippen molar-refractivity contribution in [2.45, 2.75) is 207 Å².